The lowest BCUT2D eigenvalue weighted by atomic mass is 9.88. The number of H-pyrrole nitrogens is 1. The summed E-state index contributed by atoms with van der Waals surface area (Å²) in [5.41, 5.74) is 8.18. The molecule has 1 aliphatic rings. The molecular weight excluding hydrogens is 306 g/mol. The first-order chi connectivity index (χ1) is 12.2. The topological polar surface area (TPSA) is 31.9 Å². The molecule has 0 radical (unpaired) electrons. The number of anilines is 1. The number of nitrogens with one attached hydrogen (secondary N) is 1. The van der Waals surface area contributed by atoms with E-state index < -0.39 is 0 Å². The minimum atomic E-state index is 0.868. The maximum absolute atomic E-state index is 4.74. The van der Waals surface area contributed by atoms with Gasteiger partial charge in [0, 0.05) is 24.4 Å². The van der Waals surface area contributed by atoms with Gasteiger partial charge in [-0.05, 0) is 67.3 Å². The highest BCUT2D eigenvalue weighted by Crippen LogP contribution is 2.34. The highest BCUT2D eigenvalue weighted by molar-refractivity contribution is 5.94. The lowest BCUT2D eigenvalue weighted by Crippen LogP contribution is -2.22. The van der Waals surface area contributed by atoms with Gasteiger partial charge in [-0.2, -0.15) is 0 Å². The molecule has 1 aliphatic carbocycles. The van der Waals surface area contributed by atoms with E-state index in [1.807, 2.05) is 18.2 Å². The summed E-state index contributed by atoms with van der Waals surface area (Å²) in [5.74, 6) is 0.907. The summed E-state index contributed by atoms with van der Waals surface area (Å²) in [5, 5.41) is 0. The SMILES string of the molecule is C=C1Cc2cc(N(CC)CC)ccc2C=C1c1nc2ccccc2[nH]1. The van der Waals surface area contributed by atoms with Gasteiger partial charge in [-0.15, -0.1) is 0 Å². The van der Waals surface area contributed by atoms with Gasteiger partial charge >= 0.3 is 0 Å². The molecule has 2 aromatic carbocycles. The van der Waals surface area contributed by atoms with Gasteiger partial charge in [0.1, 0.15) is 5.82 Å². The Labute approximate surface area is 148 Å². The molecule has 1 aromatic heterocycles. The van der Waals surface area contributed by atoms with E-state index in [9.17, 15) is 0 Å². The molecule has 0 fully saturated rings. The molecule has 0 saturated carbocycles. The van der Waals surface area contributed by atoms with Crippen LogP contribution in [0.15, 0.2) is 54.6 Å². The van der Waals surface area contributed by atoms with Gasteiger partial charge in [-0.25, -0.2) is 4.98 Å². The average Bonchev–Trinajstić information content (AvgIpc) is 3.06. The molecule has 126 valence electrons. The number of para-hydroxylation sites is 2. The van der Waals surface area contributed by atoms with Crippen molar-refractivity contribution in [3.05, 3.63) is 71.6 Å². The van der Waals surface area contributed by atoms with Crippen molar-refractivity contribution in [1.82, 2.24) is 9.97 Å². The van der Waals surface area contributed by atoms with Crippen LogP contribution in [0.3, 0.4) is 0 Å². The number of allylic oxidation sites excluding steroid dienone is 2. The summed E-state index contributed by atoms with van der Waals surface area (Å²) in [6.45, 7) is 10.8. The summed E-state index contributed by atoms with van der Waals surface area (Å²) in [4.78, 5) is 10.5. The van der Waals surface area contributed by atoms with Crippen molar-refractivity contribution < 1.29 is 0 Å². The Bertz CT molecular complexity index is 941. The Morgan fingerprint density at radius 3 is 2.68 bits per heavy atom. The summed E-state index contributed by atoms with van der Waals surface area (Å²) >= 11 is 0. The number of hydrogen-bond acceptors (Lipinski definition) is 2. The van der Waals surface area contributed by atoms with Crippen LogP contribution in [0.5, 0.6) is 0 Å². The van der Waals surface area contributed by atoms with Gasteiger partial charge in [-0.1, -0.05) is 24.8 Å². The minimum absolute atomic E-state index is 0.868. The molecule has 3 heteroatoms. The van der Waals surface area contributed by atoms with Crippen LogP contribution in [-0.4, -0.2) is 23.1 Å². The molecule has 1 heterocycles. The summed E-state index contributed by atoms with van der Waals surface area (Å²) < 4.78 is 0. The summed E-state index contributed by atoms with van der Waals surface area (Å²) in [7, 11) is 0. The van der Waals surface area contributed by atoms with Crippen LogP contribution < -0.4 is 4.90 Å². The first-order valence-corrected chi connectivity index (χ1v) is 8.92. The van der Waals surface area contributed by atoms with Gasteiger partial charge in [0.15, 0.2) is 0 Å². The van der Waals surface area contributed by atoms with Crippen LogP contribution in [0, 0.1) is 0 Å². The number of aromatic nitrogens is 2. The van der Waals surface area contributed by atoms with Crippen molar-refractivity contribution in [2.45, 2.75) is 20.3 Å². The molecular formula is C22H23N3. The zero-order chi connectivity index (χ0) is 17.4. The van der Waals surface area contributed by atoms with E-state index in [-0.39, 0.29) is 0 Å². The molecule has 0 unspecified atom stereocenters. The molecule has 4 rings (SSSR count). The van der Waals surface area contributed by atoms with Gasteiger partial charge < -0.3 is 9.88 Å². The monoisotopic (exact) mass is 329 g/mol. The number of aromatic amines is 1. The smallest absolute Gasteiger partial charge is 0.138 e. The first-order valence-electron chi connectivity index (χ1n) is 8.92. The molecule has 25 heavy (non-hydrogen) atoms. The normalized spacial score (nSPS) is 13.7. The van der Waals surface area contributed by atoms with Crippen molar-refractivity contribution in [1.29, 1.82) is 0 Å². The Morgan fingerprint density at radius 1 is 1.12 bits per heavy atom. The fourth-order valence-electron chi connectivity index (χ4n) is 3.57. The third-order valence-corrected chi connectivity index (χ3v) is 4.98. The van der Waals surface area contributed by atoms with Crippen LogP contribution in [0.2, 0.25) is 0 Å². The van der Waals surface area contributed by atoms with Crippen molar-refractivity contribution >= 4 is 28.4 Å². The molecule has 0 saturated heterocycles. The number of imidazole rings is 1. The van der Waals surface area contributed by atoms with Crippen LogP contribution in [-0.2, 0) is 6.42 Å². The molecule has 0 aliphatic heterocycles. The predicted molar refractivity (Wildman–Crippen MR) is 107 cm³/mol. The second-order valence-corrected chi connectivity index (χ2v) is 6.50. The maximum Gasteiger partial charge on any atom is 0.138 e. The van der Waals surface area contributed by atoms with Crippen molar-refractivity contribution in [3.8, 4) is 0 Å². The highest BCUT2D eigenvalue weighted by Gasteiger charge is 2.19. The second kappa shape index (κ2) is 6.25. The van der Waals surface area contributed by atoms with Crippen molar-refractivity contribution in [3.63, 3.8) is 0 Å². The van der Waals surface area contributed by atoms with Crippen LogP contribution in [0.1, 0.15) is 30.8 Å². The molecule has 0 atom stereocenters. The van der Waals surface area contributed by atoms with E-state index in [1.54, 1.807) is 0 Å². The zero-order valence-corrected chi connectivity index (χ0v) is 14.8. The third kappa shape index (κ3) is 2.76. The van der Waals surface area contributed by atoms with Gasteiger partial charge in [0.05, 0.1) is 11.0 Å². The number of nitrogens with zero attached hydrogens (tertiary/aromatic N) is 2. The fourth-order valence-corrected chi connectivity index (χ4v) is 3.57. The quantitative estimate of drug-likeness (QED) is 0.725. The lowest BCUT2D eigenvalue weighted by Gasteiger charge is -2.24. The third-order valence-electron chi connectivity index (χ3n) is 4.98. The van der Waals surface area contributed by atoms with E-state index in [4.69, 9.17) is 4.98 Å². The van der Waals surface area contributed by atoms with Gasteiger partial charge in [0.25, 0.3) is 0 Å². The Kier molecular flexibility index (Phi) is 3.92. The van der Waals surface area contributed by atoms with E-state index in [0.29, 0.717) is 0 Å². The molecule has 1 N–H and O–H groups in total. The molecule has 0 amide bonds. The van der Waals surface area contributed by atoms with Crippen molar-refractivity contribution in [2.24, 2.45) is 0 Å². The Hall–Kier alpha value is -2.81. The predicted octanol–water partition coefficient (Wildman–Crippen LogP) is 5.06. The largest absolute Gasteiger partial charge is 0.372 e. The van der Waals surface area contributed by atoms with Gasteiger partial charge in [-0.3, -0.25) is 0 Å². The van der Waals surface area contributed by atoms with E-state index in [2.05, 4.69) is 60.7 Å². The fraction of sp³-hybridized carbons (Fsp3) is 0.227. The highest BCUT2D eigenvalue weighted by atomic mass is 15.1. The summed E-state index contributed by atoms with van der Waals surface area (Å²) in [6.07, 6.45) is 3.08. The number of rotatable bonds is 4. The molecule has 3 aromatic rings. The second-order valence-electron chi connectivity index (χ2n) is 6.50. The van der Waals surface area contributed by atoms with Crippen LogP contribution in [0.25, 0.3) is 22.7 Å². The van der Waals surface area contributed by atoms with Crippen molar-refractivity contribution in [2.75, 3.05) is 18.0 Å². The van der Waals surface area contributed by atoms with Crippen LogP contribution in [0.4, 0.5) is 5.69 Å². The van der Waals surface area contributed by atoms with E-state index >= 15 is 0 Å². The van der Waals surface area contributed by atoms with Gasteiger partial charge in [0.2, 0.25) is 0 Å². The van der Waals surface area contributed by atoms with E-state index in [0.717, 1.165) is 47.5 Å². The standard InChI is InChI=1S/C22H23N3/c1-4-25(5-2)18-11-10-16-14-19(15(3)12-17(16)13-18)22-23-20-8-6-7-9-21(20)24-22/h6-11,13-14H,3-5,12H2,1-2H3,(H,23,24). The molecule has 3 nitrogen and oxygen atoms in total. The number of hydrogen-bond donors (Lipinski definition) is 1. The Balaban J connectivity index is 1.75. The minimum Gasteiger partial charge on any atom is -0.372 e. The lowest BCUT2D eigenvalue weighted by molar-refractivity contribution is 0.864. The number of fused-ring (bicyclic) bond motifs is 2. The number of benzene rings is 2. The van der Waals surface area contributed by atoms with Crippen LogP contribution >= 0.6 is 0 Å². The zero-order valence-electron chi connectivity index (χ0n) is 14.8. The van der Waals surface area contributed by atoms with E-state index in [1.165, 1.54) is 16.8 Å². The maximum atomic E-state index is 4.74. The Morgan fingerprint density at radius 2 is 1.92 bits per heavy atom. The molecule has 0 spiro atoms. The average molecular weight is 329 g/mol. The molecule has 0 bridgehead atoms. The summed E-state index contributed by atoms with van der Waals surface area (Å²) in [6, 6.07) is 14.9. The first kappa shape index (κ1) is 15.7.